The molecule has 1 aromatic carbocycles. The summed E-state index contributed by atoms with van der Waals surface area (Å²) in [7, 11) is 0. The van der Waals surface area contributed by atoms with Gasteiger partial charge < -0.3 is 9.30 Å². The van der Waals surface area contributed by atoms with Gasteiger partial charge in [-0.1, -0.05) is 25.2 Å². The number of ether oxygens (including phenoxy) is 1. The fourth-order valence-corrected chi connectivity index (χ4v) is 3.17. The normalized spacial score (nSPS) is 11.2. The molecule has 0 spiro atoms. The maximum atomic E-state index is 12.3. The molecule has 0 radical (unpaired) electrons. The van der Waals surface area contributed by atoms with Gasteiger partial charge in [-0.05, 0) is 31.2 Å². The zero-order valence-corrected chi connectivity index (χ0v) is 14.8. The van der Waals surface area contributed by atoms with Crippen molar-refractivity contribution in [3.05, 3.63) is 35.5 Å². The lowest BCUT2D eigenvalue weighted by atomic mass is 10.2. The fourth-order valence-electron chi connectivity index (χ4n) is 2.40. The summed E-state index contributed by atoms with van der Waals surface area (Å²) in [4.78, 5) is 12.3. The van der Waals surface area contributed by atoms with Gasteiger partial charge in [0.2, 0.25) is 11.0 Å². The zero-order valence-electron chi connectivity index (χ0n) is 13.9. The first-order valence-corrected chi connectivity index (χ1v) is 8.73. The van der Waals surface area contributed by atoms with Crippen molar-refractivity contribution in [1.29, 1.82) is 0 Å². The van der Waals surface area contributed by atoms with Crippen molar-refractivity contribution in [3.63, 3.8) is 0 Å². The monoisotopic (exact) mass is 344 g/mol. The molecule has 24 heavy (non-hydrogen) atoms. The molecule has 0 bridgehead atoms. The Morgan fingerprint density at radius 3 is 2.88 bits per heavy atom. The highest BCUT2D eigenvalue weighted by atomic mass is 32.1. The Morgan fingerprint density at radius 2 is 2.17 bits per heavy atom. The van der Waals surface area contributed by atoms with Crippen LogP contribution in [0.4, 0.5) is 5.13 Å². The van der Waals surface area contributed by atoms with Crippen molar-refractivity contribution in [2.45, 2.75) is 33.2 Å². The minimum absolute atomic E-state index is 0.118. The maximum Gasteiger partial charge on any atom is 0.246 e. The van der Waals surface area contributed by atoms with E-state index in [1.54, 1.807) is 0 Å². The van der Waals surface area contributed by atoms with E-state index in [-0.39, 0.29) is 12.5 Å². The molecule has 0 atom stereocenters. The van der Waals surface area contributed by atoms with E-state index in [0.29, 0.717) is 17.7 Å². The van der Waals surface area contributed by atoms with Crippen LogP contribution in [0.5, 0.6) is 5.75 Å². The molecule has 126 valence electrons. The molecule has 1 amide bonds. The second-order valence-corrected chi connectivity index (χ2v) is 6.75. The molecule has 1 N–H and O–H groups in total. The van der Waals surface area contributed by atoms with Crippen molar-refractivity contribution >= 4 is 33.3 Å². The van der Waals surface area contributed by atoms with E-state index < -0.39 is 0 Å². The Bertz CT molecular complexity index is 853. The number of fused-ring (bicyclic) bond motifs is 1. The van der Waals surface area contributed by atoms with Gasteiger partial charge in [-0.3, -0.25) is 10.1 Å². The summed E-state index contributed by atoms with van der Waals surface area (Å²) in [6.07, 6.45) is 1.90. The van der Waals surface area contributed by atoms with Crippen molar-refractivity contribution in [2.24, 2.45) is 0 Å². The van der Waals surface area contributed by atoms with Crippen LogP contribution in [0.2, 0.25) is 0 Å². The SMILES string of the molecule is CCOc1ccc2c(ccn2CC(=O)Nc2nnc(C(C)C)s2)c1. The largest absolute Gasteiger partial charge is 0.494 e. The summed E-state index contributed by atoms with van der Waals surface area (Å²) in [5, 5.41) is 13.4. The van der Waals surface area contributed by atoms with Gasteiger partial charge >= 0.3 is 0 Å². The van der Waals surface area contributed by atoms with Crippen LogP contribution in [-0.4, -0.2) is 27.3 Å². The maximum absolute atomic E-state index is 12.3. The molecule has 6 nitrogen and oxygen atoms in total. The summed E-state index contributed by atoms with van der Waals surface area (Å²) >= 11 is 1.41. The number of hydrogen-bond acceptors (Lipinski definition) is 5. The van der Waals surface area contributed by atoms with Crippen LogP contribution < -0.4 is 10.1 Å². The molecule has 0 unspecified atom stereocenters. The molecular weight excluding hydrogens is 324 g/mol. The number of nitrogens with zero attached hydrogens (tertiary/aromatic N) is 3. The van der Waals surface area contributed by atoms with Crippen LogP contribution in [0.1, 0.15) is 31.7 Å². The van der Waals surface area contributed by atoms with Crippen LogP contribution >= 0.6 is 11.3 Å². The molecule has 3 aromatic rings. The first kappa shape index (κ1) is 16.4. The number of carbonyl (C=O) groups excluding carboxylic acids is 1. The van der Waals surface area contributed by atoms with Crippen molar-refractivity contribution in [3.8, 4) is 5.75 Å². The Kier molecular flexibility index (Phi) is 4.80. The zero-order chi connectivity index (χ0) is 17.1. The topological polar surface area (TPSA) is 69.0 Å². The molecule has 3 rings (SSSR count). The smallest absolute Gasteiger partial charge is 0.246 e. The van der Waals surface area contributed by atoms with E-state index in [9.17, 15) is 4.79 Å². The molecule has 0 aliphatic heterocycles. The molecule has 0 saturated carbocycles. The van der Waals surface area contributed by atoms with Crippen LogP contribution in [0, 0.1) is 0 Å². The molecule has 0 aliphatic rings. The third-order valence-electron chi connectivity index (χ3n) is 3.55. The van der Waals surface area contributed by atoms with E-state index in [2.05, 4.69) is 29.4 Å². The third-order valence-corrected chi connectivity index (χ3v) is 4.69. The van der Waals surface area contributed by atoms with Crippen LogP contribution in [0.3, 0.4) is 0 Å². The van der Waals surface area contributed by atoms with Crippen molar-refractivity contribution < 1.29 is 9.53 Å². The first-order valence-electron chi connectivity index (χ1n) is 7.91. The Hall–Kier alpha value is -2.41. The molecule has 7 heteroatoms. The first-order chi connectivity index (χ1) is 11.6. The predicted octanol–water partition coefficient (Wildman–Crippen LogP) is 3.65. The number of hydrogen-bond donors (Lipinski definition) is 1. The molecule has 2 heterocycles. The number of nitrogens with one attached hydrogen (secondary N) is 1. The van der Waals surface area contributed by atoms with Crippen molar-refractivity contribution in [2.75, 3.05) is 11.9 Å². The Balaban J connectivity index is 1.70. The van der Waals surface area contributed by atoms with E-state index in [1.165, 1.54) is 11.3 Å². The minimum Gasteiger partial charge on any atom is -0.494 e. The van der Waals surface area contributed by atoms with E-state index in [4.69, 9.17) is 4.74 Å². The van der Waals surface area contributed by atoms with Gasteiger partial charge in [0.05, 0.1) is 6.61 Å². The fraction of sp³-hybridized carbons (Fsp3) is 0.353. The second-order valence-electron chi connectivity index (χ2n) is 5.75. The van der Waals surface area contributed by atoms with Crippen LogP contribution in [0.15, 0.2) is 30.5 Å². The average Bonchev–Trinajstić information content (AvgIpc) is 3.15. The van der Waals surface area contributed by atoms with Crippen molar-refractivity contribution in [1.82, 2.24) is 14.8 Å². The van der Waals surface area contributed by atoms with Gasteiger partial charge in [0.15, 0.2) is 0 Å². The standard InChI is InChI=1S/C17H20N4O2S/c1-4-23-13-5-6-14-12(9-13)7-8-21(14)10-15(22)18-17-20-19-16(24-17)11(2)3/h5-9,11H,4,10H2,1-3H3,(H,18,20,22). The second kappa shape index (κ2) is 7.00. The van der Waals surface area contributed by atoms with Crippen LogP contribution in [0.25, 0.3) is 10.9 Å². The number of amides is 1. The lowest BCUT2D eigenvalue weighted by molar-refractivity contribution is -0.116. The highest BCUT2D eigenvalue weighted by Gasteiger charge is 2.12. The molecule has 0 saturated heterocycles. The summed E-state index contributed by atoms with van der Waals surface area (Å²) < 4.78 is 7.41. The molecular formula is C17H20N4O2S. The lowest BCUT2D eigenvalue weighted by Crippen LogP contribution is -2.18. The summed E-state index contributed by atoms with van der Waals surface area (Å²) in [6.45, 7) is 6.92. The number of anilines is 1. The molecule has 0 aliphatic carbocycles. The summed E-state index contributed by atoms with van der Waals surface area (Å²) in [5.41, 5.74) is 0.994. The quantitative estimate of drug-likeness (QED) is 0.741. The summed E-state index contributed by atoms with van der Waals surface area (Å²) in [5.74, 6) is 1.02. The van der Waals surface area contributed by atoms with Gasteiger partial charge in [0.1, 0.15) is 17.3 Å². The van der Waals surface area contributed by atoms with Gasteiger partial charge in [-0.25, -0.2) is 0 Å². The number of benzene rings is 1. The molecule has 2 aromatic heterocycles. The van der Waals surface area contributed by atoms with Gasteiger partial charge in [0.25, 0.3) is 0 Å². The number of rotatable bonds is 6. The van der Waals surface area contributed by atoms with E-state index in [1.807, 2.05) is 42.0 Å². The highest BCUT2D eigenvalue weighted by molar-refractivity contribution is 7.15. The predicted molar refractivity (Wildman–Crippen MR) is 95.7 cm³/mol. The van der Waals surface area contributed by atoms with Gasteiger partial charge in [-0.2, -0.15) is 0 Å². The number of carbonyl (C=O) groups is 1. The molecule has 0 fully saturated rings. The Labute approximate surface area is 144 Å². The Morgan fingerprint density at radius 1 is 1.33 bits per heavy atom. The van der Waals surface area contributed by atoms with Crippen LogP contribution in [-0.2, 0) is 11.3 Å². The lowest BCUT2D eigenvalue weighted by Gasteiger charge is -2.06. The van der Waals surface area contributed by atoms with Gasteiger partial charge in [0, 0.05) is 23.0 Å². The highest BCUT2D eigenvalue weighted by Crippen LogP contribution is 2.24. The summed E-state index contributed by atoms with van der Waals surface area (Å²) in [6, 6.07) is 7.84. The average molecular weight is 344 g/mol. The van der Waals surface area contributed by atoms with E-state index in [0.717, 1.165) is 21.7 Å². The van der Waals surface area contributed by atoms with E-state index >= 15 is 0 Å². The van der Waals surface area contributed by atoms with Gasteiger partial charge in [-0.15, -0.1) is 10.2 Å². The minimum atomic E-state index is -0.118. The number of aromatic nitrogens is 3. The third kappa shape index (κ3) is 3.56.